The molecule has 1 aliphatic heterocycles. The number of thiophene rings is 1. The van der Waals surface area contributed by atoms with Gasteiger partial charge in [0.15, 0.2) is 11.5 Å². The first-order valence-electron chi connectivity index (χ1n) is 8.58. The Morgan fingerprint density at radius 1 is 1.40 bits per heavy atom. The summed E-state index contributed by atoms with van der Waals surface area (Å²) in [6.45, 7) is 10.3. The minimum atomic E-state index is -0.671. The average Bonchev–Trinajstić information content (AvgIpc) is 3.11. The molecule has 1 amide bonds. The largest absolute Gasteiger partial charge is 0.503 e. The van der Waals surface area contributed by atoms with Crippen LogP contribution in [0.15, 0.2) is 28.8 Å². The van der Waals surface area contributed by atoms with E-state index >= 15 is 0 Å². The summed E-state index contributed by atoms with van der Waals surface area (Å²) >= 11 is 1.48. The van der Waals surface area contributed by atoms with Crippen LogP contribution in [0.4, 0.5) is 0 Å². The Labute approximate surface area is 153 Å². The molecule has 0 saturated heterocycles. The molecule has 0 bridgehead atoms. The van der Waals surface area contributed by atoms with E-state index in [9.17, 15) is 14.7 Å². The molecule has 0 aliphatic carbocycles. The van der Waals surface area contributed by atoms with Crippen LogP contribution in [0.25, 0.3) is 0 Å². The van der Waals surface area contributed by atoms with E-state index in [0.717, 1.165) is 4.88 Å². The van der Waals surface area contributed by atoms with Crippen LogP contribution in [0, 0.1) is 5.41 Å². The van der Waals surface area contributed by atoms with Gasteiger partial charge in [-0.2, -0.15) is 0 Å². The Morgan fingerprint density at radius 2 is 2.08 bits per heavy atom. The van der Waals surface area contributed by atoms with Gasteiger partial charge in [-0.05, 0) is 31.7 Å². The lowest BCUT2D eigenvalue weighted by Crippen LogP contribution is -2.33. The third-order valence-corrected chi connectivity index (χ3v) is 4.96. The summed E-state index contributed by atoms with van der Waals surface area (Å²) in [5.41, 5.74) is -0.458. The highest BCUT2D eigenvalue weighted by Crippen LogP contribution is 2.42. The summed E-state index contributed by atoms with van der Waals surface area (Å²) in [4.78, 5) is 28.0. The number of ketones is 1. The quantitative estimate of drug-likeness (QED) is 0.745. The zero-order chi connectivity index (χ0) is 18.8. The van der Waals surface area contributed by atoms with E-state index in [1.165, 1.54) is 11.3 Å². The fourth-order valence-corrected chi connectivity index (χ4v) is 3.66. The highest BCUT2D eigenvalue weighted by Gasteiger charge is 2.46. The number of nitrogens with zero attached hydrogens (tertiary/aromatic N) is 1. The minimum Gasteiger partial charge on any atom is -0.503 e. The molecule has 0 spiro atoms. The van der Waals surface area contributed by atoms with Gasteiger partial charge in [-0.15, -0.1) is 11.3 Å². The van der Waals surface area contributed by atoms with Crippen LogP contribution < -0.4 is 0 Å². The van der Waals surface area contributed by atoms with Crippen LogP contribution in [-0.2, 0) is 14.3 Å². The number of carbonyl (C=O) groups is 2. The van der Waals surface area contributed by atoms with Crippen molar-refractivity contribution in [1.82, 2.24) is 4.90 Å². The molecule has 1 N–H and O–H groups in total. The smallest absolute Gasteiger partial charge is 0.290 e. The summed E-state index contributed by atoms with van der Waals surface area (Å²) in [7, 11) is 0. The van der Waals surface area contributed by atoms with E-state index in [1.807, 2.05) is 31.4 Å². The SMILES string of the molecule is CC(C)OCCCN1C(=O)C(O)=C(C(=O)C(C)(C)C)C1c1cccs1. The Bertz CT molecular complexity index is 655. The topological polar surface area (TPSA) is 66.8 Å². The first kappa shape index (κ1) is 19.7. The van der Waals surface area contributed by atoms with E-state index in [1.54, 1.807) is 25.7 Å². The van der Waals surface area contributed by atoms with E-state index in [-0.39, 0.29) is 17.5 Å². The Kier molecular flexibility index (Phi) is 6.06. The lowest BCUT2D eigenvalue weighted by molar-refractivity contribution is -0.129. The zero-order valence-electron chi connectivity index (χ0n) is 15.5. The summed E-state index contributed by atoms with van der Waals surface area (Å²) in [5, 5.41) is 12.3. The van der Waals surface area contributed by atoms with Gasteiger partial charge >= 0.3 is 0 Å². The lowest BCUT2D eigenvalue weighted by Gasteiger charge is -2.28. The predicted molar refractivity (Wildman–Crippen MR) is 98.6 cm³/mol. The molecule has 6 heteroatoms. The molecule has 1 atom stereocenters. The number of hydrogen-bond acceptors (Lipinski definition) is 5. The van der Waals surface area contributed by atoms with Crippen molar-refractivity contribution >= 4 is 23.0 Å². The maximum Gasteiger partial charge on any atom is 0.290 e. The predicted octanol–water partition coefficient (Wildman–Crippen LogP) is 3.87. The molecule has 25 heavy (non-hydrogen) atoms. The number of carbonyl (C=O) groups excluding carboxylic acids is 2. The number of aliphatic hydroxyl groups is 1. The summed E-state index contributed by atoms with van der Waals surface area (Å²) in [5.74, 6) is -1.09. The number of hydrogen-bond donors (Lipinski definition) is 1. The molecule has 1 unspecified atom stereocenters. The third kappa shape index (κ3) is 4.30. The van der Waals surface area contributed by atoms with E-state index in [4.69, 9.17) is 4.74 Å². The van der Waals surface area contributed by atoms with E-state index < -0.39 is 23.1 Å². The second-order valence-corrected chi connectivity index (χ2v) is 8.51. The number of Topliss-reactive ketones (excluding diaryl/α,β-unsaturated/α-hetero) is 1. The number of ether oxygens (including phenoxy) is 1. The molecule has 0 saturated carbocycles. The van der Waals surface area contributed by atoms with Crippen molar-refractivity contribution in [3.05, 3.63) is 33.7 Å². The van der Waals surface area contributed by atoms with Crippen molar-refractivity contribution in [2.24, 2.45) is 5.41 Å². The van der Waals surface area contributed by atoms with Crippen molar-refractivity contribution in [1.29, 1.82) is 0 Å². The maximum atomic E-state index is 12.9. The molecule has 138 valence electrons. The molecule has 0 radical (unpaired) electrons. The molecule has 0 aromatic carbocycles. The monoisotopic (exact) mass is 365 g/mol. The van der Waals surface area contributed by atoms with Gasteiger partial charge in [0.05, 0.1) is 17.7 Å². The zero-order valence-corrected chi connectivity index (χ0v) is 16.4. The molecule has 0 fully saturated rings. The molecular weight excluding hydrogens is 338 g/mol. The van der Waals surface area contributed by atoms with Gasteiger partial charge in [0.1, 0.15) is 0 Å². The fourth-order valence-electron chi connectivity index (χ4n) is 2.82. The maximum absolute atomic E-state index is 12.9. The van der Waals surface area contributed by atoms with Gasteiger partial charge < -0.3 is 14.7 Å². The Hall–Kier alpha value is -1.66. The van der Waals surface area contributed by atoms with Gasteiger partial charge in [0, 0.05) is 23.4 Å². The van der Waals surface area contributed by atoms with E-state index in [2.05, 4.69) is 0 Å². The first-order chi connectivity index (χ1) is 11.6. The van der Waals surface area contributed by atoms with Crippen molar-refractivity contribution in [2.45, 2.75) is 53.2 Å². The highest BCUT2D eigenvalue weighted by atomic mass is 32.1. The minimum absolute atomic E-state index is 0.131. The number of amides is 1. The van der Waals surface area contributed by atoms with Crippen LogP contribution in [0.5, 0.6) is 0 Å². The van der Waals surface area contributed by atoms with Crippen LogP contribution in [0.3, 0.4) is 0 Å². The lowest BCUT2D eigenvalue weighted by atomic mass is 9.83. The third-order valence-electron chi connectivity index (χ3n) is 4.04. The fraction of sp³-hybridized carbons (Fsp3) is 0.579. The molecular formula is C19H27NO4S. The number of rotatable bonds is 7. The number of aliphatic hydroxyl groups excluding tert-OH is 1. The van der Waals surface area contributed by atoms with Crippen molar-refractivity contribution < 1.29 is 19.4 Å². The van der Waals surface area contributed by atoms with Crippen LogP contribution in [0.1, 0.15) is 52.0 Å². The normalized spacial score (nSPS) is 18.6. The van der Waals surface area contributed by atoms with Crippen molar-refractivity contribution in [3.8, 4) is 0 Å². The molecule has 2 rings (SSSR count). The Morgan fingerprint density at radius 3 is 2.60 bits per heavy atom. The highest BCUT2D eigenvalue weighted by molar-refractivity contribution is 7.10. The van der Waals surface area contributed by atoms with Gasteiger partial charge in [0.2, 0.25) is 0 Å². The van der Waals surface area contributed by atoms with Crippen molar-refractivity contribution in [3.63, 3.8) is 0 Å². The molecule has 1 aromatic rings. The second-order valence-electron chi connectivity index (χ2n) is 7.53. The first-order valence-corrected chi connectivity index (χ1v) is 9.46. The summed E-state index contributed by atoms with van der Waals surface area (Å²) in [6.07, 6.45) is 0.780. The Balaban J connectivity index is 2.29. The van der Waals surface area contributed by atoms with Crippen molar-refractivity contribution in [2.75, 3.05) is 13.2 Å². The second kappa shape index (κ2) is 7.70. The van der Waals surface area contributed by atoms with Crippen LogP contribution in [-0.4, -0.2) is 41.0 Å². The molecule has 1 aliphatic rings. The summed E-state index contributed by atoms with van der Waals surface area (Å²) < 4.78 is 5.54. The molecule has 1 aromatic heterocycles. The standard InChI is InChI=1S/C19H27NO4S/c1-12(2)24-10-7-9-20-15(13-8-6-11-25-13)14(16(21)18(20)23)17(22)19(3,4)5/h6,8,11-12,15,21H,7,9-10H2,1-5H3. The van der Waals surface area contributed by atoms with Crippen LogP contribution in [0.2, 0.25) is 0 Å². The summed E-state index contributed by atoms with van der Waals surface area (Å²) in [6, 6.07) is 3.27. The van der Waals surface area contributed by atoms with E-state index in [0.29, 0.717) is 19.6 Å². The van der Waals surface area contributed by atoms with Gasteiger partial charge in [-0.25, -0.2) is 0 Å². The van der Waals surface area contributed by atoms with Gasteiger partial charge in [-0.3, -0.25) is 9.59 Å². The van der Waals surface area contributed by atoms with Crippen LogP contribution >= 0.6 is 11.3 Å². The van der Waals surface area contributed by atoms with Gasteiger partial charge in [0.25, 0.3) is 5.91 Å². The van der Waals surface area contributed by atoms with Gasteiger partial charge in [-0.1, -0.05) is 26.8 Å². The molecule has 5 nitrogen and oxygen atoms in total. The average molecular weight is 365 g/mol. The molecule has 2 heterocycles.